The molecular formula is C19H26FN5O4S. The molecule has 9 nitrogen and oxygen atoms in total. The number of hydrogen-bond acceptors (Lipinski definition) is 6. The zero-order valence-corrected chi connectivity index (χ0v) is 17.8. The second-order valence-corrected chi connectivity index (χ2v) is 9.49. The van der Waals surface area contributed by atoms with E-state index in [0.717, 1.165) is 30.9 Å². The van der Waals surface area contributed by atoms with Gasteiger partial charge in [-0.25, -0.2) is 17.6 Å². The minimum atomic E-state index is -3.48. The van der Waals surface area contributed by atoms with Crippen LogP contribution in [0.2, 0.25) is 0 Å². The minimum absolute atomic E-state index is 0.0209. The summed E-state index contributed by atoms with van der Waals surface area (Å²) >= 11 is 0. The predicted octanol–water partition coefficient (Wildman–Crippen LogP) is 3.43. The Labute approximate surface area is 174 Å². The Balaban J connectivity index is 1.59. The Bertz CT molecular complexity index is 1010. The average molecular weight is 440 g/mol. The van der Waals surface area contributed by atoms with Crippen molar-refractivity contribution in [2.24, 2.45) is 0 Å². The number of hydrogen-bond donors (Lipinski definition) is 4. The maximum absolute atomic E-state index is 14.3. The molecule has 2 aromatic rings. The summed E-state index contributed by atoms with van der Waals surface area (Å²) < 4.78 is 44.5. The number of aromatic nitrogens is 2. The van der Waals surface area contributed by atoms with Gasteiger partial charge in [-0.1, -0.05) is 0 Å². The lowest BCUT2D eigenvalue weighted by atomic mass is 10.0. The number of amides is 1. The highest BCUT2D eigenvalue weighted by Crippen LogP contribution is 2.36. The van der Waals surface area contributed by atoms with E-state index in [4.69, 9.17) is 4.74 Å². The van der Waals surface area contributed by atoms with Crippen molar-refractivity contribution in [1.82, 2.24) is 15.5 Å². The van der Waals surface area contributed by atoms with Gasteiger partial charge in [0.15, 0.2) is 5.82 Å². The van der Waals surface area contributed by atoms with Gasteiger partial charge in [0, 0.05) is 29.8 Å². The van der Waals surface area contributed by atoms with E-state index in [1.165, 1.54) is 12.1 Å². The normalized spacial score (nSPS) is 19.0. The average Bonchev–Trinajstić information content (AvgIpc) is 3.24. The molecule has 0 radical (unpaired) electrons. The van der Waals surface area contributed by atoms with Crippen molar-refractivity contribution in [2.45, 2.75) is 51.2 Å². The molecule has 0 unspecified atom stereocenters. The Morgan fingerprint density at radius 2 is 2.07 bits per heavy atom. The van der Waals surface area contributed by atoms with Crippen LogP contribution in [0.3, 0.4) is 0 Å². The standard InChI is InChI=1S/C19H26FN5O4S/c1-11(2)21-19(26)29-14-6-4-12(8-14)17-10-18(24-23-17)22-16-7-5-13(9-15(16)20)25-30(3,27)28/h5,7,9-12,14,25H,4,6,8H2,1-3H3,(H,21,26)(H2,22,23,24)/t12-,14+/m1/s1. The molecule has 164 valence electrons. The smallest absolute Gasteiger partial charge is 0.407 e. The molecule has 0 spiro atoms. The molecule has 0 aliphatic heterocycles. The fourth-order valence-corrected chi connectivity index (χ4v) is 3.95. The summed E-state index contributed by atoms with van der Waals surface area (Å²) in [6.07, 6.45) is 2.74. The molecule has 0 bridgehead atoms. The maximum atomic E-state index is 14.3. The molecule has 1 aromatic carbocycles. The third-order valence-corrected chi connectivity index (χ3v) is 5.24. The van der Waals surface area contributed by atoms with E-state index >= 15 is 0 Å². The SMILES string of the molecule is CC(C)NC(=O)O[C@H]1CC[C@@H](c2cc(Nc3ccc(NS(C)(=O)=O)cc3F)n[nH]2)C1. The lowest BCUT2D eigenvalue weighted by Crippen LogP contribution is -2.33. The molecule has 30 heavy (non-hydrogen) atoms. The van der Waals surface area contributed by atoms with Gasteiger partial charge in [-0.2, -0.15) is 5.10 Å². The van der Waals surface area contributed by atoms with Crippen molar-refractivity contribution in [1.29, 1.82) is 0 Å². The topological polar surface area (TPSA) is 125 Å². The first-order chi connectivity index (χ1) is 14.1. The molecule has 1 aromatic heterocycles. The molecule has 0 saturated heterocycles. The highest BCUT2D eigenvalue weighted by atomic mass is 32.2. The number of carbonyl (C=O) groups is 1. The summed E-state index contributed by atoms with van der Waals surface area (Å²) in [6.45, 7) is 3.74. The van der Waals surface area contributed by atoms with Crippen molar-refractivity contribution in [3.05, 3.63) is 35.8 Å². The first kappa shape index (κ1) is 21.9. The number of ether oxygens (including phenoxy) is 1. The summed E-state index contributed by atoms with van der Waals surface area (Å²) in [6, 6.07) is 5.81. The van der Waals surface area contributed by atoms with E-state index in [0.29, 0.717) is 12.2 Å². The van der Waals surface area contributed by atoms with Crippen molar-refractivity contribution >= 4 is 33.3 Å². The lowest BCUT2D eigenvalue weighted by molar-refractivity contribution is 0.0981. The highest BCUT2D eigenvalue weighted by molar-refractivity contribution is 7.92. The number of nitrogens with zero attached hydrogens (tertiary/aromatic N) is 1. The number of sulfonamides is 1. The number of aromatic amines is 1. The predicted molar refractivity (Wildman–Crippen MR) is 112 cm³/mol. The highest BCUT2D eigenvalue weighted by Gasteiger charge is 2.30. The monoisotopic (exact) mass is 439 g/mol. The van der Waals surface area contributed by atoms with Gasteiger partial charge >= 0.3 is 6.09 Å². The van der Waals surface area contributed by atoms with Crippen LogP contribution in [-0.2, 0) is 14.8 Å². The zero-order valence-electron chi connectivity index (χ0n) is 17.0. The first-order valence-electron chi connectivity index (χ1n) is 9.66. The van der Waals surface area contributed by atoms with Crippen molar-refractivity contribution in [2.75, 3.05) is 16.3 Å². The Morgan fingerprint density at radius 1 is 1.30 bits per heavy atom. The quantitative estimate of drug-likeness (QED) is 0.524. The molecule has 1 heterocycles. The first-order valence-corrected chi connectivity index (χ1v) is 11.5. The lowest BCUT2D eigenvalue weighted by Gasteiger charge is -2.14. The summed E-state index contributed by atoms with van der Waals surface area (Å²) in [7, 11) is -3.48. The van der Waals surface area contributed by atoms with Gasteiger partial charge in [0.1, 0.15) is 11.9 Å². The summed E-state index contributed by atoms with van der Waals surface area (Å²) in [5.74, 6) is -0.00980. The largest absolute Gasteiger partial charge is 0.446 e. The van der Waals surface area contributed by atoms with E-state index in [1.54, 1.807) is 6.07 Å². The number of carbonyl (C=O) groups excluding carboxylic acids is 1. The Hall–Kier alpha value is -2.82. The van der Waals surface area contributed by atoms with Crippen LogP contribution in [0.1, 0.15) is 44.7 Å². The molecular weight excluding hydrogens is 413 g/mol. The fraction of sp³-hybridized carbons (Fsp3) is 0.474. The van der Waals surface area contributed by atoms with Gasteiger partial charge in [-0.05, 0) is 45.2 Å². The molecule has 1 amide bonds. The fourth-order valence-electron chi connectivity index (χ4n) is 3.39. The van der Waals surface area contributed by atoms with Crippen molar-refractivity contribution in [3.8, 4) is 0 Å². The van der Waals surface area contributed by atoms with Gasteiger partial charge in [-0.15, -0.1) is 0 Å². The van der Waals surface area contributed by atoms with Gasteiger partial charge in [0.2, 0.25) is 10.0 Å². The number of nitrogens with one attached hydrogen (secondary N) is 4. The second kappa shape index (κ2) is 8.90. The third kappa shape index (κ3) is 6.09. The molecule has 4 N–H and O–H groups in total. The molecule has 1 fully saturated rings. The second-order valence-electron chi connectivity index (χ2n) is 7.74. The van der Waals surface area contributed by atoms with Crippen molar-refractivity contribution in [3.63, 3.8) is 0 Å². The third-order valence-electron chi connectivity index (χ3n) is 4.64. The van der Waals surface area contributed by atoms with Gasteiger partial charge in [-0.3, -0.25) is 9.82 Å². The van der Waals surface area contributed by atoms with Crippen LogP contribution >= 0.6 is 0 Å². The van der Waals surface area contributed by atoms with Gasteiger partial charge in [0.25, 0.3) is 0 Å². The van der Waals surface area contributed by atoms with Crippen LogP contribution < -0.4 is 15.4 Å². The molecule has 11 heteroatoms. The zero-order chi connectivity index (χ0) is 21.9. The molecule has 1 aliphatic carbocycles. The Kier molecular flexibility index (Phi) is 6.49. The maximum Gasteiger partial charge on any atom is 0.407 e. The number of anilines is 3. The van der Waals surface area contributed by atoms with Crippen LogP contribution in [0, 0.1) is 5.82 Å². The van der Waals surface area contributed by atoms with Crippen LogP contribution in [-0.4, -0.2) is 43.1 Å². The molecule has 3 rings (SSSR count). The number of H-pyrrole nitrogens is 1. The summed E-state index contributed by atoms with van der Waals surface area (Å²) in [4.78, 5) is 11.8. The van der Waals surface area contributed by atoms with Crippen LogP contribution in [0.4, 0.5) is 26.4 Å². The number of rotatable bonds is 7. The van der Waals surface area contributed by atoms with Crippen LogP contribution in [0.25, 0.3) is 0 Å². The molecule has 1 saturated carbocycles. The number of benzene rings is 1. The van der Waals surface area contributed by atoms with Gasteiger partial charge < -0.3 is 15.4 Å². The van der Waals surface area contributed by atoms with Crippen LogP contribution in [0.15, 0.2) is 24.3 Å². The van der Waals surface area contributed by atoms with E-state index < -0.39 is 21.9 Å². The van der Waals surface area contributed by atoms with Gasteiger partial charge in [0.05, 0.1) is 17.6 Å². The van der Waals surface area contributed by atoms with E-state index in [2.05, 4.69) is 25.6 Å². The summed E-state index contributed by atoms with van der Waals surface area (Å²) in [5, 5.41) is 12.7. The van der Waals surface area contributed by atoms with E-state index in [-0.39, 0.29) is 29.4 Å². The minimum Gasteiger partial charge on any atom is -0.446 e. The van der Waals surface area contributed by atoms with Crippen molar-refractivity contribution < 1.29 is 22.3 Å². The van der Waals surface area contributed by atoms with E-state index in [9.17, 15) is 17.6 Å². The van der Waals surface area contributed by atoms with E-state index in [1.807, 2.05) is 13.8 Å². The molecule has 1 aliphatic rings. The van der Waals surface area contributed by atoms with Crippen LogP contribution in [0.5, 0.6) is 0 Å². The number of halogens is 1. The Morgan fingerprint density at radius 3 is 2.73 bits per heavy atom. The summed E-state index contributed by atoms with van der Waals surface area (Å²) in [5.41, 5.74) is 1.19. The molecule has 2 atom stereocenters. The number of alkyl carbamates (subject to hydrolysis) is 1.